The van der Waals surface area contributed by atoms with Crippen LogP contribution >= 0.6 is 0 Å². The number of aromatic nitrogens is 1. The number of benzene rings is 2. The highest BCUT2D eigenvalue weighted by Gasteiger charge is 2.22. The minimum absolute atomic E-state index is 0.0823. The first-order valence-corrected chi connectivity index (χ1v) is 8.38. The van der Waals surface area contributed by atoms with Gasteiger partial charge in [-0.1, -0.05) is 30.3 Å². The lowest BCUT2D eigenvalue weighted by Crippen LogP contribution is -2.11. The second-order valence-electron chi connectivity index (χ2n) is 4.97. The maximum atomic E-state index is 13.0. The van der Waals surface area contributed by atoms with Crippen LogP contribution in [0.5, 0.6) is 0 Å². The van der Waals surface area contributed by atoms with E-state index >= 15 is 0 Å². The quantitative estimate of drug-likeness (QED) is 0.779. The van der Waals surface area contributed by atoms with Crippen LogP contribution in [0.2, 0.25) is 0 Å². The molecular weight excluding hydrogens is 338 g/mol. The Morgan fingerprint density at radius 3 is 2.12 bits per heavy atom. The van der Waals surface area contributed by atoms with Crippen LogP contribution in [-0.4, -0.2) is 13.4 Å². The number of nitrogens with zero attached hydrogens (tertiary/aromatic N) is 1. The van der Waals surface area contributed by atoms with Gasteiger partial charge in [0, 0.05) is 11.1 Å². The minimum Gasteiger partial charge on any atom is -0.435 e. The van der Waals surface area contributed by atoms with Crippen molar-refractivity contribution in [3.8, 4) is 22.6 Å². The van der Waals surface area contributed by atoms with Gasteiger partial charge in [0.1, 0.15) is 5.69 Å². The Kier molecular flexibility index (Phi) is 4.16. The number of alkyl halides is 2. The molecular formula is C16H12F2N2O3S. The highest BCUT2D eigenvalue weighted by atomic mass is 32.2. The van der Waals surface area contributed by atoms with E-state index in [0.29, 0.717) is 11.1 Å². The Balaban J connectivity index is 2.13. The van der Waals surface area contributed by atoms with Gasteiger partial charge in [-0.25, -0.2) is 18.5 Å². The average molecular weight is 350 g/mol. The van der Waals surface area contributed by atoms with Crippen molar-refractivity contribution in [3.05, 3.63) is 60.5 Å². The van der Waals surface area contributed by atoms with Gasteiger partial charge in [0.05, 0.1) is 4.90 Å². The first-order chi connectivity index (χ1) is 11.4. The standard InChI is InChI=1S/C16H12F2N2O3S/c17-15(18)16-20-13(10-4-2-1-3-5-10)14(23-16)11-6-8-12(9-7-11)24(19,21)22/h1-9,15H,(H2,19,21,22). The molecule has 3 aromatic rings. The third kappa shape index (κ3) is 3.19. The van der Waals surface area contributed by atoms with E-state index in [9.17, 15) is 17.2 Å². The third-order valence-electron chi connectivity index (χ3n) is 3.32. The highest BCUT2D eigenvalue weighted by Crippen LogP contribution is 2.35. The first-order valence-electron chi connectivity index (χ1n) is 6.84. The van der Waals surface area contributed by atoms with Crippen molar-refractivity contribution >= 4 is 10.0 Å². The number of oxazole rings is 1. The summed E-state index contributed by atoms with van der Waals surface area (Å²) in [7, 11) is -3.84. The molecule has 0 atom stereocenters. The van der Waals surface area contributed by atoms with Gasteiger partial charge in [0.15, 0.2) is 5.76 Å². The number of primary sulfonamides is 1. The zero-order chi connectivity index (χ0) is 17.3. The largest absolute Gasteiger partial charge is 0.435 e. The lowest BCUT2D eigenvalue weighted by molar-refractivity contribution is 0.116. The number of hydrogen-bond acceptors (Lipinski definition) is 4. The summed E-state index contributed by atoms with van der Waals surface area (Å²) >= 11 is 0. The molecule has 0 bridgehead atoms. The fourth-order valence-electron chi connectivity index (χ4n) is 2.21. The fourth-order valence-corrected chi connectivity index (χ4v) is 2.73. The van der Waals surface area contributed by atoms with Gasteiger partial charge in [-0.2, -0.15) is 8.78 Å². The molecule has 0 aliphatic rings. The van der Waals surface area contributed by atoms with E-state index in [4.69, 9.17) is 9.56 Å². The predicted octanol–water partition coefficient (Wildman–Crippen LogP) is 3.59. The van der Waals surface area contributed by atoms with E-state index in [1.54, 1.807) is 30.3 Å². The van der Waals surface area contributed by atoms with Crippen molar-refractivity contribution in [2.24, 2.45) is 5.14 Å². The van der Waals surface area contributed by atoms with Crippen LogP contribution in [-0.2, 0) is 10.0 Å². The highest BCUT2D eigenvalue weighted by molar-refractivity contribution is 7.89. The number of sulfonamides is 1. The van der Waals surface area contributed by atoms with E-state index in [-0.39, 0.29) is 16.3 Å². The number of rotatable bonds is 4. The molecule has 24 heavy (non-hydrogen) atoms. The van der Waals surface area contributed by atoms with Gasteiger partial charge in [-0.3, -0.25) is 0 Å². The molecule has 0 saturated carbocycles. The zero-order valence-electron chi connectivity index (χ0n) is 12.2. The summed E-state index contributed by atoms with van der Waals surface area (Å²) in [5, 5.41) is 5.05. The Morgan fingerprint density at radius 1 is 0.958 bits per heavy atom. The molecule has 0 amide bonds. The van der Waals surface area contributed by atoms with Gasteiger partial charge >= 0.3 is 6.43 Å². The van der Waals surface area contributed by atoms with Crippen molar-refractivity contribution in [3.63, 3.8) is 0 Å². The van der Waals surface area contributed by atoms with Gasteiger partial charge in [0.2, 0.25) is 10.0 Å². The van der Waals surface area contributed by atoms with E-state index in [0.717, 1.165) is 0 Å². The molecule has 8 heteroatoms. The molecule has 3 rings (SSSR count). The second-order valence-corrected chi connectivity index (χ2v) is 6.53. The molecule has 1 aromatic heterocycles. The van der Waals surface area contributed by atoms with E-state index < -0.39 is 22.3 Å². The minimum atomic E-state index is -3.84. The van der Waals surface area contributed by atoms with Crippen molar-refractivity contribution in [2.75, 3.05) is 0 Å². The molecule has 5 nitrogen and oxygen atoms in total. The van der Waals surface area contributed by atoms with Gasteiger partial charge in [-0.15, -0.1) is 0 Å². The van der Waals surface area contributed by atoms with Crippen LogP contribution in [0.15, 0.2) is 63.9 Å². The smallest absolute Gasteiger partial charge is 0.313 e. The van der Waals surface area contributed by atoms with E-state index in [1.165, 1.54) is 24.3 Å². The third-order valence-corrected chi connectivity index (χ3v) is 4.25. The van der Waals surface area contributed by atoms with Crippen molar-refractivity contribution in [1.29, 1.82) is 0 Å². The summed E-state index contributed by atoms with van der Waals surface area (Å²) in [6.07, 6.45) is -2.86. The molecule has 0 unspecified atom stereocenters. The lowest BCUT2D eigenvalue weighted by atomic mass is 10.1. The molecule has 0 radical (unpaired) electrons. The summed E-state index contributed by atoms with van der Waals surface area (Å²) in [6, 6.07) is 14.2. The van der Waals surface area contributed by atoms with Crippen molar-refractivity contribution in [1.82, 2.24) is 4.98 Å². The summed E-state index contributed by atoms with van der Waals surface area (Å²) in [5.74, 6) is -0.558. The molecule has 0 spiro atoms. The van der Waals surface area contributed by atoms with Crippen molar-refractivity contribution in [2.45, 2.75) is 11.3 Å². The average Bonchev–Trinajstić information content (AvgIpc) is 3.00. The molecule has 2 aromatic carbocycles. The maximum Gasteiger partial charge on any atom is 0.313 e. The second kappa shape index (κ2) is 6.14. The van der Waals surface area contributed by atoms with Gasteiger partial charge in [0.25, 0.3) is 5.89 Å². The van der Waals surface area contributed by atoms with Gasteiger partial charge < -0.3 is 4.42 Å². The molecule has 0 aliphatic heterocycles. The lowest BCUT2D eigenvalue weighted by Gasteiger charge is -2.03. The van der Waals surface area contributed by atoms with Crippen LogP contribution in [0.25, 0.3) is 22.6 Å². The zero-order valence-corrected chi connectivity index (χ0v) is 13.0. The summed E-state index contributed by atoms with van der Waals surface area (Å²) in [6.45, 7) is 0. The van der Waals surface area contributed by atoms with Crippen LogP contribution in [0.1, 0.15) is 12.3 Å². The Hall–Kier alpha value is -2.58. The normalized spacial score (nSPS) is 11.8. The van der Waals surface area contributed by atoms with Crippen LogP contribution in [0.3, 0.4) is 0 Å². The Bertz CT molecular complexity index is 953. The van der Waals surface area contributed by atoms with Crippen LogP contribution in [0.4, 0.5) is 8.78 Å². The maximum absolute atomic E-state index is 13.0. The summed E-state index contributed by atoms with van der Waals surface area (Å²) in [5.41, 5.74) is 1.29. The Morgan fingerprint density at radius 2 is 1.58 bits per heavy atom. The first kappa shape index (κ1) is 16.3. The topological polar surface area (TPSA) is 86.2 Å². The number of halogens is 2. The molecule has 124 valence electrons. The van der Waals surface area contributed by atoms with E-state index in [1.807, 2.05) is 0 Å². The summed E-state index contributed by atoms with van der Waals surface area (Å²) in [4.78, 5) is 3.79. The van der Waals surface area contributed by atoms with Crippen LogP contribution < -0.4 is 5.14 Å². The monoisotopic (exact) mass is 350 g/mol. The molecule has 0 aliphatic carbocycles. The van der Waals surface area contributed by atoms with Gasteiger partial charge in [-0.05, 0) is 24.3 Å². The van der Waals surface area contributed by atoms with Crippen LogP contribution in [0, 0.1) is 0 Å². The molecule has 0 saturated heterocycles. The number of nitrogens with two attached hydrogens (primary N) is 1. The molecule has 2 N–H and O–H groups in total. The molecule has 0 fully saturated rings. The number of hydrogen-bond donors (Lipinski definition) is 1. The molecule has 1 heterocycles. The van der Waals surface area contributed by atoms with Crippen molar-refractivity contribution < 1.29 is 21.6 Å². The fraction of sp³-hybridized carbons (Fsp3) is 0.0625. The SMILES string of the molecule is NS(=O)(=O)c1ccc(-c2oc(C(F)F)nc2-c2ccccc2)cc1. The summed E-state index contributed by atoms with van der Waals surface area (Å²) < 4.78 is 53.7. The Labute approximate surface area is 136 Å². The predicted molar refractivity (Wildman–Crippen MR) is 83.7 cm³/mol. The van der Waals surface area contributed by atoms with E-state index in [2.05, 4.69) is 4.98 Å².